The smallest absolute Gasteiger partial charge is 0.133 e. The fraction of sp³-hybridized carbons (Fsp3) is 0.417. The maximum absolute atomic E-state index is 13.0. The van der Waals surface area contributed by atoms with Crippen molar-refractivity contribution in [2.24, 2.45) is 0 Å². The molecule has 14 heavy (non-hydrogen) atoms. The van der Waals surface area contributed by atoms with Gasteiger partial charge in [-0.05, 0) is 36.5 Å². The maximum Gasteiger partial charge on any atom is 0.133 e. The number of rotatable bonds is 1. The molecule has 1 aliphatic rings. The molecule has 1 saturated carbocycles. The van der Waals surface area contributed by atoms with Gasteiger partial charge in [0.1, 0.15) is 11.6 Å². The zero-order valence-electron chi connectivity index (χ0n) is 8.22. The summed E-state index contributed by atoms with van der Waals surface area (Å²) in [6.45, 7) is 1.76. The van der Waals surface area contributed by atoms with E-state index in [1.165, 1.54) is 6.07 Å². The first-order valence-corrected chi connectivity index (χ1v) is 4.94. The van der Waals surface area contributed by atoms with Gasteiger partial charge in [-0.25, -0.2) is 4.39 Å². The summed E-state index contributed by atoms with van der Waals surface area (Å²) in [6.07, 6.45) is 2.23. The van der Waals surface area contributed by atoms with E-state index < -0.39 is 0 Å². The van der Waals surface area contributed by atoms with E-state index in [2.05, 4.69) is 0 Å². The third-order valence-electron chi connectivity index (χ3n) is 2.90. The van der Waals surface area contributed by atoms with Gasteiger partial charge < -0.3 is 0 Å². The topological polar surface area (TPSA) is 17.1 Å². The van der Waals surface area contributed by atoms with Crippen LogP contribution in [-0.2, 0) is 4.79 Å². The third kappa shape index (κ3) is 1.69. The minimum absolute atomic E-state index is 0.168. The van der Waals surface area contributed by atoms with E-state index >= 15 is 0 Å². The maximum atomic E-state index is 13.0. The Morgan fingerprint density at radius 2 is 2.21 bits per heavy atom. The van der Waals surface area contributed by atoms with E-state index in [1.54, 1.807) is 13.0 Å². The molecule has 2 heteroatoms. The number of carbonyl (C=O) groups is 1. The Balaban J connectivity index is 2.24. The molecule has 0 spiro atoms. The van der Waals surface area contributed by atoms with Gasteiger partial charge in [0, 0.05) is 12.8 Å². The molecule has 1 unspecified atom stereocenters. The van der Waals surface area contributed by atoms with E-state index in [-0.39, 0.29) is 5.82 Å². The molecule has 0 aliphatic heterocycles. The van der Waals surface area contributed by atoms with E-state index in [9.17, 15) is 9.18 Å². The Hall–Kier alpha value is -1.18. The standard InChI is InChI=1S/C12H13FO/c1-8-6-9(3-5-12(8)13)10-2-4-11(14)7-10/h3,5-6,10H,2,4,7H2,1H3. The average Bonchev–Trinajstić information content (AvgIpc) is 2.57. The fourth-order valence-corrected chi connectivity index (χ4v) is 2.02. The summed E-state index contributed by atoms with van der Waals surface area (Å²) in [5.74, 6) is 0.483. The van der Waals surface area contributed by atoms with Crippen LogP contribution in [0, 0.1) is 12.7 Å². The van der Waals surface area contributed by atoms with Gasteiger partial charge in [-0.1, -0.05) is 12.1 Å². The predicted octanol–water partition coefficient (Wildman–Crippen LogP) is 2.97. The Kier molecular flexibility index (Phi) is 2.36. The number of ketones is 1. The average molecular weight is 192 g/mol. The Bertz CT molecular complexity index is 371. The molecule has 74 valence electrons. The summed E-state index contributed by atoms with van der Waals surface area (Å²) in [4.78, 5) is 11.1. The lowest BCUT2D eigenvalue weighted by atomic mass is 9.96. The Morgan fingerprint density at radius 1 is 1.43 bits per heavy atom. The fourth-order valence-electron chi connectivity index (χ4n) is 2.02. The number of benzene rings is 1. The van der Waals surface area contributed by atoms with Crippen LogP contribution < -0.4 is 0 Å². The van der Waals surface area contributed by atoms with Crippen LogP contribution >= 0.6 is 0 Å². The summed E-state index contributed by atoms with van der Waals surface area (Å²) in [5.41, 5.74) is 1.77. The number of hydrogen-bond donors (Lipinski definition) is 0. The summed E-state index contributed by atoms with van der Waals surface area (Å²) in [5, 5.41) is 0. The van der Waals surface area contributed by atoms with Crippen LogP contribution in [0.25, 0.3) is 0 Å². The van der Waals surface area contributed by atoms with Crippen LogP contribution in [0.1, 0.15) is 36.3 Å². The van der Waals surface area contributed by atoms with Crippen molar-refractivity contribution >= 4 is 5.78 Å². The van der Waals surface area contributed by atoms with E-state index in [0.717, 1.165) is 12.0 Å². The van der Waals surface area contributed by atoms with Crippen molar-refractivity contribution < 1.29 is 9.18 Å². The second kappa shape index (κ2) is 3.52. The lowest BCUT2D eigenvalue weighted by molar-refractivity contribution is -0.117. The highest BCUT2D eigenvalue weighted by molar-refractivity contribution is 5.81. The van der Waals surface area contributed by atoms with Crippen LogP contribution in [0.3, 0.4) is 0 Å². The molecule has 1 aromatic rings. The van der Waals surface area contributed by atoms with Crippen LogP contribution in [0.5, 0.6) is 0 Å². The molecule has 0 heterocycles. The number of carbonyl (C=O) groups excluding carboxylic acids is 1. The molecule has 1 atom stereocenters. The Morgan fingerprint density at radius 3 is 2.79 bits per heavy atom. The molecule has 0 aromatic heterocycles. The minimum atomic E-state index is -0.168. The first kappa shape index (κ1) is 9.38. The number of aryl methyl sites for hydroxylation is 1. The highest BCUT2D eigenvalue weighted by Crippen LogP contribution is 2.32. The van der Waals surface area contributed by atoms with E-state index in [1.807, 2.05) is 6.07 Å². The van der Waals surface area contributed by atoms with Crippen LogP contribution in [0.4, 0.5) is 4.39 Å². The van der Waals surface area contributed by atoms with Crippen LogP contribution in [0.2, 0.25) is 0 Å². The van der Waals surface area contributed by atoms with Crippen molar-refractivity contribution in [3.05, 3.63) is 35.1 Å². The summed E-state index contributed by atoms with van der Waals surface area (Å²) in [6, 6.07) is 5.15. The van der Waals surface area contributed by atoms with Gasteiger partial charge in [0.05, 0.1) is 0 Å². The molecule has 0 radical (unpaired) electrons. The van der Waals surface area contributed by atoms with Gasteiger partial charge in [0.2, 0.25) is 0 Å². The third-order valence-corrected chi connectivity index (χ3v) is 2.90. The molecule has 1 nitrogen and oxygen atoms in total. The zero-order chi connectivity index (χ0) is 10.1. The lowest BCUT2D eigenvalue weighted by Gasteiger charge is -2.09. The van der Waals surface area contributed by atoms with E-state index in [4.69, 9.17) is 0 Å². The van der Waals surface area contributed by atoms with Gasteiger partial charge >= 0.3 is 0 Å². The van der Waals surface area contributed by atoms with Crippen molar-refractivity contribution in [2.75, 3.05) is 0 Å². The SMILES string of the molecule is Cc1cc(C2CCC(=O)C2)ccc1F. The normalized spacial score (nSPS) is 21.6. The number of Topliss-reactive ketones (excluding diaryl/α,β-unsaturated/α-hetero) is 1. The quantitative estimate of drug-likeness (QED) is 0.668. The van der Waals surface area contributed by atoms with Crippen LogP contribution in [-0.4, -0.2) is 5.78 Å². The van der Waals surface area contributed by atoms with Gasteiger partial charge in [0.15, 0.2) is 0 Å². The van der Waals surface area contributed by atoms with Gasteiger partial charge in [-0.2, -0.15) is 0 Å². The second-order valence-corrected chi connectivity index (χ2v) is 3.99. The van der Waals surface area contributed by atoms with Crippen molar-refractivity contribution in [3.63, 3.8) is 0 Å². The summed E-state index contributed by atoms with van der Waals surface area (Å²) >= 11 is 0. The zero-order valence-corrected chi connectivity index (χ0v) is 8.22. The molecule has 0 N–H and O–H groups in total. The molecule has 0 saturated heterocycles. The summed E-state index contributed by atoms with van der Waals surface area (Å²) in [7, 11) is 0. The van der Waals surface area contributed by atoms with Crippen molar-refractivity contribution in [2.45, 2.75) is 32.1 Å². The van der Waals surface area contributed by atoms with Crippen LogP contribution in [0.15, 0.2) is 18.2 Å². The van der Waals surface area contributed by atoms with Crippen molar-refractivity contribution in [3.8, 4) is 0 Å². The first-order valence-electron chi connectivity index (χ1n) is 4.94. The van der Waals surface area contributed by atoms with Gasteiger partial charge in [0.25, 0.3) is 0 Å². The molecule has 0 bridgehead atoms. The lowest BCUT2D eigenvalue weighted by Crippen LogP contribution is -1.95. The molecule has 0 amide bonds. The molecular formula is C12H13FO. The van der Waals surface area contributed by atoms with Gasteiger partial charge in [-0.3, -0.25) is 4.79 Å². The Labute approximate surface area is 82.9 Å². The monoisotopic (exact) mass is 192 g/mol. The molecule has 1 aromatic carbocycles. The molecule has 1 aliphatic carbocycles. The predicted molar refractivity (Wildman–Crippen MR) is 52.7 cm³/mol. The molecular weight excluding hydrogens is 179 g/mol. The number of hydrogen-bond acceptors (Lipinski definition) is 1. The number of halogens is 1. The highest BCUT2D eigenvalue weighted by Gasteiger charge is 2.23. The van der Waals surface area contributed by atoms with Gasteiger partial charge in [-0.15, -0.1) is 0 Å². The largest absolute Gasteiger partial charge is 0.300 e. The summed E-state index contributed by atoms with van der Waals surface area (Å²) < 4.78 is 13.0. The second-order valence-electron chi connectivity index (χ2n) is 3.99. The van der Waals surface area contributed by atoms with E-state index in [0.29, 0.717) is 30.1 Å². The minimum Gasteiger partial charge on any atom is -0.300 e. The molecule has 2 rings (SSSR count). The highest BCUT2D eigenvalue weighted by atomic mass is 19.1. The first-order chi connectivity index (χ1) is 6.66. The van der Waals surface area contributed by atoms with Crippen molar-refractivity contribution in [1.82, 2.24) is 0 Å². The molecule has 1 fully saturated rings. The van der Waals surface area contributed by atoms with Crippen molar-refractivity contribution in [1.29, 1.82) is 0 Å².